The molecule has 1 heterocycles. The Morgan fingerprint density at radius 1 is 1.29 bits per heavy atom. The standard InChI is InChI=1S/C17H24N2O4S/c1-11-4-7-16(23-3)17(8-11)24(21,22)18-15-10-19(12(2)20)9-14(15)13-5-6-13/h4,7-8,13-15,18H,5-6,9-10H2,1-3H3/t14-,15+/m1/s1. The average molecular weight is 352 g/mol. The van der Waals surface area contributed by atoms with Gasteiger partial charge in [0.05, 0.1) is 7.11 Å². The molecule has 1 amide bonds. The number of nitrogens with zero attached hydrogens (tertiary/aromatic N) is 1. The molecule has 6 nitrogen and oxygen atoms in total. The molecular formula is C17H24N2O4S. The van der Waals surface area contributed by atoms with Crippen molar-refractivity contribution in [1.29, 1.82) is 0 Å². The van der Waals surface area contributed by atoms with Gasteiger partial charge in [-0.05, 0) is 49.3 Å². The van der Waals surface area contributed by atoms with E-state index in [0.717, 1.165) is 18.4 Å². The molecule has 2 atom stereocenters. The molecule has 3 rings (SSSR count). The van der Waals surface area contributed by atoms with Crippen molar-refractivity contribution in [1.82, 2.24) is 9.62 Å². The summed E-state index contributed by atoms with van der Waals surface area (Å²) in [4.78, 5) is 13.6. The monoisotopic (exact) mass is 352 g/mol. The molecule has 0 aromatic heterocycles. The zero-order valence-electron chi connectivity index (χ0n) is 14.3. The predicted octanol–water partition coefficient (Wildman–Crippen LogP) is 1.54. The molecule has 1 saturated carbocycles. The number of likely N-dealkylation sites (tertiary alicyclic amines) is 1. The third-order valence-electron chi connectivity index (χ3n) is 4.95. The second kappa shape index (κ2) is 6.37. The average Bonchev–Trinajstić information content (AvgIpc) is 3.28. The van der Waals surface area contributed by atoms with Crippen LogP contribution in [0.2, 0.25) is 0 Å². The summed E-state index contributed by atoms with van der Waals surface area (Å²) in [6.07, 6.45) is 2.23. The fraction of sp³-hybridized carbons (Fsp3) is 0.588. The highest BCUT2D eigenvalue weighted by atomic mass is 32.2. The van der Waals surface area contributed by atoms with Gasteiger partial charge < -0.3 is 9.64 Å². The van der Waals surface area contributed by atoms with Crippen molar-refractivity contribution in [3.05, 3.63) is 23.8 Å². The summed E-state index contributed by atoms with van der Waals surface area (Å²) >= 11 is 0. The summed E-state index contributed by atoms with van der Waals surface area (Å²) in [6, 6.07) is 4.86. The molecule has 1 saturated heterocycles. The van der Waals surface area contributed by atoms with Crippen LogP contribution in [0.5, 0.6) is 5.75 Å². The van der Waals surface area contributed by atoms with Crippen molar-refractivity contribution in [2.24, 2.45) is 11.8 Å². The number of amides is 1. The van der Waals surface area contributed by atoms with E-state index in [0.29, 0.717) is 24.8 Å². The van der Waals surface area contributed by atoms with Gasteiger partial charge in [-0.3, -0.25) is 4.79 Å². The van der Waals surface area contributed by atoms with Crippen LogP contribution < -0.4 is 9.46 Å². The Morgan fingerprint density at radius 2 is 2.00 bits per heavy atom. The van der Waals surface area contributed by atoms with E-state index >= 15 is 0 Å². The fourth-order valence-corrected chi connectivity index (χ4v) is 5.00. The first-order valence-electron chi connectivity index (χ1n) is 8.24. The Hall–Kier alpha value is -1.60. The first kappa shape index (κ1) is 17.2. The Bertz CT molecular complexity index is 743. The molecule has 1 aromatic carbocycles. The number of carbonyl (C=O) groups is 1. The maximum absolute atomic E-state index is 12.9. The second-order valence-corrected chi connectivity index (χ2v) is 8.49. The van der Waals surface area contributed by atoms with Crippen molar-refractivity contribution >= 4 is 15.9 Å². The van der Waals surface area contributed by atoms with Crippen LogP contribution in [0.4, 0.5) is 0 Å². The van der Waals surface area contributed by atoms with Gasteiger partial charge >= 0.3 is 0 Å². The van der Waals surface area contributed by atoms with Crippen molar-refractivity contribution < 1.29 is 17.9 Å². The summed E-state index contributed by atoms with van der Waals surface area (Å²) in [5.41, 5.74) is 0.853. The smallest absolute Gasteiger partial charge is 0.244 e. The lowest BCUT2D eigenvalue weighted by Gasteiger charge is -2.20. The molecule has 2 fully saturated rings. The van der Waals surface area contributed by atoms with E-state index in [1.807, 2.05) is 13.0 Å². The Morgan fingerprint density at radius 3 is 2.58 bits per heavy atom. The largest absolute Gasteiger partial charge is 0.495 e. The molecule has 0 spiro atoms. The van der Waals surface area contributed by atoms with Gasteiger partial charge in [-0.15, -0.1) is 0 Å². The predicted molar refractivity (Wildman–Crippen MR) is 90.3 cm³/mol. The van der Waals surface area contributed by atoms with Crippen molar-refractivity contribution in [2.75, 3.05) is 20.2 Å². The number of nitrogens with one attached hydrogen (secondary N) is 1. The number of sulfonamides is 1. The lowest BCUT2D eigenvalue weighted by atomic mass is 9.99. The zero-order chi connectivity index (χ0) is 17.5. The maximum atomic E-state index is 12.9. The van der Waals surface area contributed by atoms with E-state index in [1.165, 1.54) is 14.0 Å². The number of benzene rings is 1. The SMILES string of the molecule is COc1ccc(C)cc1S(=O)(=O)N[C@H]1CN(C(C)=O)C[C@@H]1C1CC1. The third-order valence-corrected chi connectivity index (χ3v) is 6.46. The molecule has 132 valence electrons. The minimum absolute atomic E-state index is 0.00418. The number of methoxy groups -OCH3 is 1. The van der Waals surface area contributed by atoms with Gasteiger partial charge in [0.25, 0.3) is 0 Å². The van der Waals surface area contributed by atoms with Crippen LogP contribution in [0.15, 0.2) is 23.1 Å². The topological polar surface area (TPSA) is 75.7 Å². The third kappa shape index (κ3) is 3.42. The zero-order valence-corrected chi connectivity index (χ0v) is 15.1. The number of aryl methyl sites for hydroxylation is 1. The van der Waals surface area contributed by atoms with Crippen LogP contribution >= 0.6 is 0 Å². The molecule has 1 aliphatic carbocycles. The van der Waals surface area contributed by atoms with Crippen molar-refractivity contribution in [2.45, 2.75) is 37.6 Å². The van der Waals surface area contributed by atoms with E-state index in [1.54, 1.807) is 17.0 Å². The van der Waals surface area contributed by atoms with E-state index in [4.69, 9.17) is 4.74 Å². The van der Waals surface area contributed by atoms with Crippen molar-refractivity contribution in [3.63, 3.8) is 0 Å². The molecule has 7 heteroatoms. The lowest BCUT2D eigenvalue weighted by molar-refractivity contribution is -0.128. The van der Waals surface area contributed by atoms with Crippen LogP contribution in [-0.4, -0.2) is 45.5 Å². The van der Waals surface area contributed by atoms with Gasteiger partial charge in [-0.25, -0.2) is 13.1 Å². The van der Waals surface area contributed by atoms with E-state index < -0.39 is 10.0 Å². The first-order chi connectivity index (χ1) is 11.3. The Kier molecular flexibility index (Phi) is 4.57. The normalized spacial score (nSPS) is 24.2. The highest BCUT2D eigenvalue weighted by molar-refractivity contribution is 7.89. The summed E-state index contributed by atoms with van der Waals surface area (Å²) in [7, 11) is -2.25. The molecule has 24 heavy (non-hydrogen) atoms. The number of ether oxygens (including phenoxy) is 1. The minimum atomic E-state index is -3.71. The molecule has 1 N–H and O–H groups in total. The van der Waals surface area contributed by atoms with Crippen molar-refractivity contribution in [3.8, 4) is 5.75 Å². The number of rotatable bonds is 5. The molecule has 0 bridgehead atoms. The Labute approximate surface area is 143 Å². The molecule has 0 radical (unpaired) electrons. The molecule has 1 aliphatic heterocycles. The highest BCUT2D eigenvalue weighted by Gasteiger charge is 2.44. The number of hydrogen-bond acceptors (Lipinski definition) is 4. The summed E-state index contributed by atoms with van der Waals surface area (Å²) in [5.74, 6) is 1.04. The van der Waals surface area contributed by atoms with Gasteiger partial charge in [-0.1, -0.05) is 6.07 Å². The first-order valence-corrected chi connectivity index (χ1v) is 9.72. The van der Waals surface area contributed by atoms with Crippen LogP contribution in [0, 0.1) is 18.8 Å². The van der Waals surface area contributed by atoms with Gasteiger partial charge in [0.1, 0.15) is 10.6 Å². The van der Waals surface area contributed by atoms with Gasteiger partial charge in [0, 0.05) is 26.1 Å². The maximum Gasteiger partial charge on any atom is 0.244 e. The number of carbonyl (C=O) groups excluding carboxylic acids is 1. The van der Waals surface area contributed by atoms with E-state index in [2.05, 4.69) is 4.72 Å². The van der Waals surface area contributed by atoms with Crippen LogP contribution in [0.25, 0.3) is 0 Å². The molecule has 1 aromatic rings. The van der Waals surface area contributed by atoms with Gasteiger partial charge in [0.15, 0.2) is 0 Å². The fourth-order valence-electron chi connectivity index (χ4n) is 3.47. The van der Waals surface area contributed by atoms with Crippen LogP contribution in [0.3, 0.4) is 0 Å². The Balaban J connectivity index is 1.86. The lowest BCUT2D eigenvalue weighted by Crippen LogP contribution is -2.41. The second-order valence-electron chi connectivity index (χ2n) is 6.81. The minimum Gasteiger partial charge on any atom is -0.495 e. The highest BCUT2D eigenvalue weighted by Crippen LogP contribution is 2.42. The van der Waals surface area contributed by atoms with E-state index in [9.17, 15) is 13.2 Å². The van der Waals surface area contributed by atoms with Crippen LogP contribution in [-0.2, 0) is 14.8 Å². The quantitative estimate of drug-likeness (QED) is 0.872. The number of hydrogen-bond donors (Lipinski definition) is 1. The summed E-state index contributed by atoms with van der Waals surface area (Å²) < 4.78 is 33.8. The van der Waals surface area contributed by atoms with Gasteiger partial charge in [-0.2, -0.15) is 0 Å². The van der Waals surface area contributed by atoms with Crippen LogP contribution in [0.1, 0.15) is 25.3 Å². The molecule has 2 aliphatic rings. The molecular weight excluding hydrogens is 328 g/mol. The van der Waals surface area contributed by atoms with Gasteiger partial charge in [0.2, 0.25) is 15.9 Å². The summed E-state index contributed by atoms with van der Waals surface area (Å²) in [5, 5.41) is 0. The van der Waals surface area contributed by atoms with E-state index in [-0.39, 0.29) is 22.8 Å². The molecule has 0 unspecified atom stereocenters. The summed E-state index contributed by atoms with van der Waals surface area (Å²) in [6.45, 7) is 4.45.